The Balaban J connectivity index is 2.32. The molecule has 4 nitrogen and oxygen atoms in total. The van der Waals surface area contributed by atoms with Crippen LogP contribution in [0, 0.1) is 0 Å². The van der Waals surface area contributed by atoms with Gasteiger partial charge in [0.05, 0.1) is 6.61 Å². The summed E-state index contributed by atoms with van der Waals surface area (Å²) in [5.74, 6) is 1.18. The van der Waals surface area contributed by atoms with E-state index in [4.69, 9.17) is 16.7 Å². The number of nitrogens with one attached hydrogen (secondary N) is 1. The van der Waals surface area contributed by atoms with Crippen LogP contribution in [0.3, 0.4) is 0 Å². The lowest BCUT2D eigenvalue weighted by Crippen LogP contribution is -2.07. The molecule has 0 unspecified atom stereocenters. The van der Waals surface area contributed by atoms with Gasteiger partial charge in [0.15, 0.2) is 5.82 Å². The van der Waals surface area contributed by atoms with Crippen molar-refractivity contribution < 1.29 is 5.11 Å². The molecule has 2 rings (SSSR count). The molecule has 5 heteroatoms. The van der Waals surface area contributed by atoms with E-state index in [1.165, 1.54) is 0 Å². The van der Waals surface area contributed by atoms with Gasteiger partial charge in [0, 0.05) is 18.2 Å². The first-order valence-corrected chi connectivity index (χ1v) is 5.62. The van der Waals surface area contributed by atoms with Crippen LogP contribution in [0.15, 0.2) is 36.4 Å². The van der Waals surface area contributed by atoms with E-state index < -0.39 is 0 Å². The molecule has 0 aliphatic carbocycles. The van der Waals surface area contributed by atoms with Crippen LogP contribution in [0.5, 0.6) is 0 Å². The Morgan fingerprint density at radius 1 is 1.18 bits per heavy atom. The minimum Gasteiger partial charge on any atom is -0.395 e. The highest BCUT2D eigenvalue weighted by Gasteiger charge is 2.04. The second-order valence-corrected chi connectivity index (χ2v) is 3.80. The standard InChI is InChI=1S/C12H12ClN3O/c13-10-8-11(14-6-7-17)16-12(15-10)9-4-2-1-3-5-9/h1-5,8,17H,6-7H2,(H,14,15,16). The average molecular weight is 250 g/mol. The van der Waals surface area contributed by atoms with Crippen LogP contribution in [0.2, 0.25) is 5.15 Å². The summed E-state index contributed by atoms with van der Waals surface area (Å²) >= 11 is 5.93. The molecule has 2 aromatic rings. The molecule has 2 N–H and O–H groups in total. The zero-order chi connectivity index (χ0) is 12.1. The van der Waals surface area contributed by atoms with Crippen molar-refractivity contribution in [3.63, 3.8) is 0 Å². The number of benzene rings is 1. The number of hydrogen-bond acceptors (Lipinski definition) is 4. The Morgan fingerprint density at radius 3 is 2.65 bits per heavy atom. The fourth-order valence-corrected chi connectivity index (χ4v) is 1.59. The van der Waals surface area contributed by atoms with Gasteiger partial charge in [0.25, 0.3) is 0 Å². The molecule has 0 amide bonds. The highest BCUT2D eigenvalue weighted by molar-refractivity contribution is 6.29. The van der Waals surface area contributed by atoms with Crippen molar-refractivity contribution in [2.24, 2.45) is 0 Å². The van der Waals surface area contributed by atoms with Gasteiger partial charge in [-0.15, -0.1) is 0 Å². The molecular formula is C12H12ClN3O. The van der Waals surface area contributed by atoms with Gasteiger partial charge in [-0.3, -0.25) is 0 Å². The normalized spacial score (nSPS) is 10.2. The Kier molecular flexibility index (Phi) is 3.90. The highest BCUT2D eigenvalue weighted by atomic mass is 35.5. The minimum atomic E-state index is 0.0439. The van der Waals surface area contributed by atoms with Crippen LogP contribution < -0.4 is 5.32 Å². The molecule has 0 atom stereocenters. The molecule has 1 heterocycles. The zero-order valence-electron chi connectivity index (χ0n) is 9.10. The van der Waals surface area contributed by atoms with Crippen molar-refractivity contribution in [1.82, 2.24) is 9.97 Å². The molecule has 0 bridgehead atoms. The van der Waals surface area contributed by atoms with Crippen LogP contribution in [0.1, 0.15) is 0 Å². The van der Waals surface area contributed by atoms with E-state index in [1.54, 1.807) is 6.07 Å². The minimum absolute atomic E-state index is 0.0439. The molecule has 0 aliphatic rings. The average Bonchev–Trinajstić information content (AvgIpc) is 2.37. The molecule has 0 aliphatic heterocycles. The van der Waals surface area contributed by atoms with Crippen molar-refractivity contribution in [2.45, 2.75) is 0 Å². The first-order valence-electron chi connectivity index (χ1n) is 5.24. The van der Waals surface area contributed by atoms with Gasteiger partial charge in [0.2, 0.25) is 0 Å². The summed E-state index contributed by atoms with van der Waals surface area (Å²) in [4.78, 5) is 8.49. The molecule has 1 aromatic heterocycles. The highest BCUT2D eigenvalue weighted by Crippen LogP contribution is 2.19. The summed E-state index contributed by atoms with van der Waals surface area (Å²) in [6, 6.07) is 11.2. The predicted octanol–water partition coefficient (Wildman–Crippen LogP) is 2.20. The second-order valence-electron chi connectivity index (χ2n) is 3.42. The van der Waals surface area contributed by atoms with E-state index in [-0.39, 0.29) is 6.61 Å². The quantitative estimate of drug-likeness (QED) is 0.816. The summed E-state index contributed by atoms with van der Waals surface area (Å²) < 4.78 is 0. The summed E-state index contributed by atoms with van der Waals surface area (Å²) in [6.07, 6.45) is 0. The predicted molar refractivity (Wildman–Crippen MR) is 68.1 cm³/mol. The molecule has 17 heavy (non-hydrogen) atoms. The van der Waals surface area contributed by atoms with E-state index >= 15 is 0 Å². The Morgan fingerprint density at radius 2 is 1.94 bits per heavy atom. The van der Waals surface area contributed by atoms with E-state index in [0.29, 0.717) is 23.3 Å². The maximum atomic E-state index is 8.74. The van der Waals surface area contributed by atoms with E-state index in [0.717, 1.165) is 5.56 Å². The third-order valence-electron chi connectivity index (χ3n) is 2.14. The van der Waals surface area contributed by atoms with Crippen molar-refractivity contribution in [2.75, 3.05) is 18.5 Å². The van der Waals surface area contributed by atoms with E-state index in [1.807, 2.05) is 30.3 Å². The monoisotopic (exact) mass is 249 g/mol. The Hall–Kier alpha value is -1.65. The topological polar surface area (TPSA) is 58.0 Å². The molecule has 0 spiro atoms. The summed E-state index contributed by atoms with van der Waals surface area (Å²) in [6.45, 7) is 0.476. The number of aromatic nitrogens is 2. The third-order valence-corrected chi connectivity index (χ3v) is 2.34. The molecule has 0 saturated carbocycles. The molecule has 1 aromatic carbocycles. The fourth-order valence-electron chi connectivity index (χ4n) is 1.41. The Bertz CT molecular complexity index is 490. The summed E-state index contributed by atoms with van der Waals surface area (Å²) in [5, 5.41) is 12.1. The van der Waals surface area contributed by atoms with Crippen molar-refractivity contribution >= 4 is 17.4 Å². The zero-order valence-corrected chi connectivity index (χ0v) is 9.85. The third kappa shape index (κ3) is 3.15. The van der Waals surface area contributed by atoms with Crippen molar-refractivity contribution in [1.29, 1.82) is 0 Å². The lowest BCUT2D eigenvalue weighted by atomic mass is 10.2. The van der Waals surface area contributed by atoms with Gasteiger partial charge in [-0.05, 0) is 0 Å². The molecular weight excluding hydrogens is 238 g/mol. The number of rotatable bonds is 4. The maximum Gasteiger partial charge on any atom is 0.163 e. The first-order chi connectivity index (χ1) is 8.29. The lowest BCUT2D eigenvalue weighted by Gasteiger charge is -2.06. The Labute approximate surface area is 104 Å². The van der Waals surface area contributed by atoms with E-state index in [9.17, 15) is 0 Å². The maximum absolute atomic E-state index is 8.74. The molecule has 0 fully saturated rings. The molecule has 0 radical (unpaired) electrons. The number of aliphatic hydroxyl groups excluding tert-OH is 1. The van der Waals surface area contributed by atoms with Crippen LogP contribution in [0.4, 0.5) is 5.82 Å². The van der Waals surface area contributed by atoms with Gasteiger partial charge < -0.3 is 10.4 Å². The number of nitrogens with zero attached hydrogens (tertiary/aromatic N) is 2. The van der Waals surface area contributed by atoms with Crippen molar-refractivity contribution in [3.05, 3.63) is 41.6 Å². The number of hydrogen-bond donors (Lipinski definition) is 2. The van der Waals surface area contributed by atoms with Crippen LogP contribution in [0.25, 0.3) is 11.4 Å². The summed E-state index contributed by atoms with van der Waals surface area (Å²) in [5.41, 5.74) is 0.905. The van der Waals surface area contributed by atoms with E-state index in [2.05, 4.69) is 15.3 Å². The number of anilines is 1. The van der Waals surface area contributed by atoms with Crippen LogP contribution in [-0.4, -0.2) is 28.2 Å². The first kappa shape index (κ1) is 11.8. The van der Waals surface area contributed by atoms with Gasteiger partial charge in [-0.2, -0.15) is 0 Å². The van der Waals surface area contributed by atoms with Crippen LogP contribution in [-0.2, 0) is 0 Å². The number of halogens is 1. The second kappa shape index (κ2) is 5.61. The van der Waals surface area contributed by atoms with Gasteiger partial charge >= 0.3 is 0 Å². The molecule has 88 valence electrons. The number of aliphatic hydroxyl groups is 1. The van der Waals surface area contributed by atoms with Gasteiger partial charge in [-0.25, -0.2) is 9.97 Å². The lowest BCUT2D eigenvalue weighted by molar-refractivity contribution is 0.311. The smallest absolute Gasteiger partial charge is 0.163 e. The van der Waals surface area contributed by atoms with Crippen LogP contribution >= 0.6 is 11.6 Å². The summed E-state index contributed by atoms with van der Waals surface area (Å²) in [7, 11) is 0. The largest absolute Gasteiger partial charge is 0.395 e. The van der Waals surface area contributed by atoms with Crippen molar-refractivity contribution in [3.8, 4) is 11.4 Å². The molecule has 0 saturated heterocycles. The SMILES string of the molecule is OCCNc1cc(Cl)nc(-c2ccccc2)n1. The van der Waals surface area contributed by atoms with Gasteiger partial charge in [0.1, 0.15) is 11.0 Å². The van der Waals surface area contributed by atoms with Gasteiger partial charge in [-0.1, -0.05) is 41.9 Å². The fraction of sp³-hybridized carbons (Fsp3) is 0.167.